The molecule has 0 aliphatic carbocycles. The Morgan fingerprint density at radius 3 is 2.76 bits per heavy atom. The highest BCUT2D eigenvalue weighted by Gasteiger charge is 2.54. The van der Waals surface area contributed by atoms with E-state index in [-0.39, 0.29) is 5.56 Å². The number of piperazine rings is 1. The van der Waals surface area contributed by atoms with Crippen molar-refractivity contribution in [1.82, 2.24) is 14.8 Å². The van der Waals surface area contributed by atoms with Gasteiger partial charge in [-0.15, -0.1) is 0 Å². The lowest BCUT2D eigenvalue weighted by molar-refractivity contribution is -0.151. The predicted octanol–water partition coefficient (Wildman–Crippen LogP) is 1.45. The number of para-hydroxylation sites is 1. The maximum Gasteiger partial charge on any atom is 0.267 e. The molecule has 4 rings (SSSR count). The van der Waals surface area contributed by atoms with Crippen LogP contribution in [-0.2, 0) is 9.59 Å². The summed E-state index contributed by atoms with van der Waals surface area (Å²) in [6, 6.07) is 7.06. The molecule has 0 unspecified atom stereocenters. The van der Waals surface area contributed by atoms with Crippen LogP contribution in [0.1, 0.15) is 16.8 Å². The van der Waals surface area contributed by atoms with Gasteiger partial charge in [0.1, 0.15) is 12.6 Å². The molecular formula is C17H13F2N3O3. The first kappa shape index (κ1) is 15.6. The zero-order valence-corrected chi connectivity index (χ0v) is 13.0. The fraction of sp³-hybridized carbons (Fsp3) is 0.294. The number of hydrogen-bond donors (Lipinski definition) is 0. The van der Waals surface area contributed by atoms with Crippen LogP contribution in [0.5, 0.6) is 0 Å². The number of halogens is 2. The predicted molar refractivity (Wildman–Crippen MR) is 82.9 cm³/mol. The molecule has 25 heavy (non-hydrogen) atoms. The summed E-state index contributed by atoms with van der Waals surface area (Å²) >= 11 is 0. The average molecular weight is 345 g/mol. The maximum atomic E-state index is 13.6. The van der Waals surface area contributed by atoms with E-state index in [4.69, 9.17) is 0 Å². The fourth-order valence-electron chi connectivity index (χ4n) is 3.38. The molecule has 3 heterocycles. The Bertz CT molecular complexity index is 910. The summed E-state index contributed by atoms with van der Waals surface area (Å²) < 4.78 is 27.2. The molecule has 0 N–H and O–H groups in total. The maximum absolute atomic E-state index is 13.6. The van der Waals surface area contributed by atoms with Crippen LogP contribution in [0.15, 0.2) is 36.5 Å². The number of benzene rings is 1. The van der Waals surface area contributed by atoms with E-state index in [1.54, 1.807) is 24.3 Å². The number of nitrogens with zero attached hydrogens (tertiary/aromatic N) is 3. The quantitative estimate of drug-likeness (QED) is 0.734. The number of carbonyl (C=O) groups is 3. The minimum atomic E-state index is -3.11. The molecule has 1 aromatic heterocycles. The van der Waals surface area contributed by atoms with Crippen LogP contribution in [0.3, 0.4) is 0 Å². The number of carbonyl (C=O) groups excluding carboxylic acids is 3. The molecule has 0 saturated carbocycles. The van der Waals surface area contributed by atoms with E-state index in [9.17, 15) is 23.2 Å². The van der Waals surface area contributed by atoms with Crippen LogP contribution in [0.2, 0.25) is 0 Å². The Balaban J connectivity index is 1.71. The third-order valence-electron chi connectivity index (χ3n) is 4.56. The van der Waals surface area contributed by atoms with Crippen molar-refractivity contribution < 1.29 is 23.2 Å². The van der Waals surface area contributed by atoms with E-state index in [2.05, 4.69) is 4.98 Å². The average Bonchev–Trinajstić information content (AvgIpc) is 2.93. The van der Waals surface area contributed by atoms with Gasteiger partial charge in [0, 0.05) is 18.0 Å². The highest BCUT2D eigenvalue weighted by Crippen LogP contribution is 2.35. The SMILES string of the molecule is O=C(c1ccnc2ccccc12)N1CC(=O)N2CC(F)(F)C[C@H]2C1=O. The smallest absolute Gasteiger partial charge is 0.267 e. The van der Waals surface area contributed by atoms with Crippen molar-refractivity contribution in [1.29, 1.82) is 0 Å². The van der Waals surface area contributed by atoms with Crippen LogP contribution >= 0.6 is 0 Å². The molecule has 6 nitrogen and oxygen atoms in total. The van der Waals surface area contributed by atoms with Crippen LogP contribution in [-0.4, -0.2) is 57.6 Å². The molecule has 3 amide bonds. The van der Waals surface area contributed by atoms with E-state index in [1.165, 1.54) is 12.3 Å². The van der Waals surface area contributed by atoms with Crippen molar-refractivity contribution in [3.8, 4) is 0 Å². The first-order valence-corrected chi connectivity index (χ1v) is 7.74. The Morgan fingerprint density at radius 1 is 1.20 bits per heavy atom. The van der Waals surface area contributed by atoms with Crippen molar-refractivity contribution in [3.05, 3.63) is 42.1 Å². The Hall–Kier alpha value is -2.90. The van der Waals surface area contributed by atoms with E-state index in [0.717, 1.165) is 9.80 Å². The number of pyridine rings is 1. The fourth-order valence-corrected chi connectivity index (χ4v) is 3.38. The van der Waals surface area contributed by atoms with Gasteiger partial charge in [-0.25, -0.2) is 8.78 Å². The third kappa shape index (κ3) is 2.45. The standard InChI is InChI=1S/C17H13F2N3O3/c18-17(19)7-13-16(25)21(8-14(23)22(13)9-17)15(24)11-5-6-20-12-4-2-1-3-10(11)12/h1-6,13H,7-9H2/t13-/m0/s1. The van der Waals surface area contributed by atoms with Gasteiger partial charge in [-0.05, 0) is 12.1 Å². The number of alkyl halides is 2. The Labute approximate surface area is 141 Å². The normalized spacial score (nSPS) is 22.4. The summed E-state index contributed by atoms with van der Waals surface area (Å²) in [4.78, 5) is 43.3. The summed E-state index contributed by atoms with van der Waals surface area (Å²) in [7, 11) is 0. The number of imide groups is 1. The van der Waals surface area contributed by atoms with Crippen LogP contribution in [0, 0.1) is 0 Å². The molecule has 2 fully saturated rings. The van der Waals surface area contributed by atoms with Crippen molar-refractivity contribution >= 4 is 28.6 Å². The summed E-state index contributed by atoms with van der Waals surface area (Å²) in [6.45, 7) is -1.30. The van der Waals surface area contributed by atoms with Crippen LogP contribution in [0.4, 0.5) is 8.78 Å². The monoisotopic (exact) mass is 345 g/mol. The zero-order chi connectivity index (χ0) is 17.8. The van der Waals surface area contributed by atoms with Crippen LogP contribution < -0.4 is 0 Å². The van der Waals surface area contributed by atoms with Crippen molar-refractivity contribution in [2.24, 2.45) is 0 Å². The number of rotatable bonds is 1. The molecule has 0 spiro atoms. The number of aromatic nitrogens is 1. The molecule has 0 bridgehead atoms. The largest absolute Gasteiger partial charge is 0.323 e. The molecule has 1 atom stereocenters. The van der Waals surface area contributed by atoms with E-state index >= 15 is 0 Å². The van der Waals surface area contributed by atoms with Crippen LogP contribution in [0.25, 0.3) is 10.9 Å². The topological polar surface area (TPSA) is 70.6 Å². The lowest BCUT2D eigenvalue weighted by Gasteiger charge is -2.34. The lowest BCUT2D eigenvalue weighted by atomic mass is 10.1. The molecule has 2 aromatic rings. The summed E-state index contributed by atoms with van der Waals surface area (Å²) in [5, 5.41) is 0.537. The van der Waals surface area contributed by atoms with E-state index in [0.29, 0.717) is 10.9 Å². The van der Waals surface area contributed by atoms with Gasteiger partial charge in [-0.2, -0.15) is 0 Å². The first-order valence-electron chi connectivity index (χ1n) is 7.74. The van der Waals surface area contributed by atoms with Gasteiger partial charge >= 0.3 is 0 Å². The number of fused-ring (bicyclic) bond motifs is 2. The minimum Gasteiger partial charge on any atom is -0.323 e. The van der Waals surface area contributed by atoms with Crippen molar-refractivity contribution in [2.75, 3.05) is 13.1 Å². The van der Waals surface area contributed by atoms with Crippen molar-refractivity contribution in [2.45, 2.75) is 18.4 Å². The molecule has 2 aliphatic heterocycles. The third-order valence-corrected chi connectivity index (χ3v) is 4.56. The zero-order valence-electron chi connectivity index (χ0n) is 13.0. The van der Waals surface area contributed by atoms with Crippen molar-refractivity contribution in [3.63, 3.8) is 0 Å². The molecule has 8 heteroatoms. The second-order valence-corrected chi connectivity index (χ2v) is 6.20. The van der Waals surface area contributed by atoms with Gasteiger partial charge in [-0.1, -0.05) is 18.2 Å². The van der Waals surface area contributed by atoms with Gasteiger partial charge in [0.05, 0.1) is 17.6 Å². The second-order valence-electron chi connectivity index (χ2n) is 6.20. The molecule has 1 aromatic carbocycles. The summed E-state index contributed by atoms with van der Waals surface area (Å²) in [5.74, 6) is -5.19. The van der Waals surface area contributed by atoms with Gasteiger partial charge in [0.2, 0.25) is 5.91 Å². The summed E-state index contributed by atoms with van der Waals surface area (Å²) in [6.07, 6.45) is 0.681. The summed E-state index contributed by atoms with van der Waals surface area (Å²) in [5.41, 5.74) is 0.781. The molecule has 128 valence electrons. The van der Waals surface area contributed by atoms with Gasteiger partial charge < -0.3 is 4.90 Å². The molecular weight excluding hydrogens is 332 g/mol. The van der Waals surface area contributed by atoms with E-state index < -0.39 is 49.2 Å². The minimum absolute atomic E-state index is 0.213. The Morgan fingerprint density at radius 2 is 1.96 bits per heavy atom. The molecule has 2 aliphatic rings. The number of amides is 3. The molecule has 2 saturated heterocycles. The Kier molecular flexibility index (Phi) is 3.31. The highest BCUT2D eigenvalue weighted by molar-refractivity contribution is 6.15. The lowest BCUT2D eigenvalue weighted by Crippen LogP contribution is -2.59. The van der Waals surface area contributed by atoms with Gasteiger partial charge in [0.25, 0.3) is 17.7 Å². The second kappa shape index (κ2) is 5.30. The van der Waals surface area contributed by atoms with Gasteiger partial charge in [-0.3, -0.25) is 24.3 Å². The van der Waals surface area contributed by atoms with E-state index in [1.807, 2.05) is 0 Å². The molecule has 0 radical (unpaired) electrons. The van der Waals surface area contributed by atoms with Gasteiger partial charge in [0.15, 0.2) is 0 Å². The first-order chi connectivity index (χ1) is 11.9. The number of hydrogen-bond acceptors (Lipinski definition) is 4. The highest BCUT2D eigenvalue weighted by atomic mass is 19.3.